The molecule has 0 amide bonds. The Morgan fingerprint density at radius 2 is 1.77 bits per heavy atom. The number of benzene rings is 2. The fourth-order valence-electron chi connectivity index (χ4n) is 6.94. The van der Waals surface area contributed by atoms with E-state index in [1.54, 1.807) is 18.2 Å². The van der Waals surface area contributed by atoms with Crippen molar-refractivity contribution in [1.29, 1.82) is 0 Å². The third kappa shape index (κ3) is 5.30. The average Bonchev–Trinajstić information content (AvgIpc) is 3.19. The quantitative estimate of drug-likeness (QED) is 0.138. The molecule has 214 valence electrons. The van der Waals surface area contributed by atoms with Gasteiger partial charge in [-0.3, -0.25) is 4.79 Å². The van der Waals surface area contributed by atoms with Gasteiger partial charge in [-0.2, -0.15) is 0 Å². The number of hydrogen-bond acceptors (Lipinski definition) is 7. The number of hydrogen-bond donors (Lipinski definition) is 0. The fourth-order valence-corrected chi connectivity index (χ4v) is 7.21. The molecule has 4 heterocycles. The van der Waals surface area contributed by atoms with Gasteiger partial charge in [0.15, 0.2) is 24.0 Å². The average molecular weight is 614 g/mol. The Hall–Kier alpha value is -2.07. The molecular weight excluding hydrogens is 576 g/mol. The summed E-state index contributed by atoms with van der Waals surface area (Å²) in [5.41, 5.74) is 0.984. The van der Waals surface area contributed by atoms with E-state index in [-0.39, 0.29) is 17.6 Å². The van der Waals surface area contributed by atoms with Crippen LogP contribution in [0.2, 0.25) is 0 Å². The summed E-state index contributed by atoms with van der Waals surface area (Å²) >= 11 is 3.42. The predicted octanol–water partition coefficient (Wildman–Crippen LogP) is 6.95. The highest BCUT2D eigenvalue weighted by atomic mass is 79.9. The summed E-state index contributed by atoms with van der Waals surface area (Å²) in [6.45, 7) is 7.15. The predicted molar refractivity (Wildman–Crippen MR) is 152 cm³/mol. The monoisotopic (exact) mass is 612 g/mol. The van der Waals surface area contributed by atoms with E-state index in [4.69, 9.17) is 28.7 Å². The summed E-state index contributed by atoms with van der Waals surface area (Å²) in [4.78, 5) is 24.6. The largest absolute Gasteiger partial charge is 0.491 e. The van der Waals surface area contributed by atoms with Gasteiger partial charge >= 0.3 is 0 Å². The fraction of sp³-hybridized carbons (Fsp3) is 0.531. The van der Waals surface area contributed by atoms with Crippen molar-refractivity contribution in [3.63, 3.8) is 0 Å². The topological polar surface area (TPSA) is 72.5 Å². The molecule has 7 nitrogen and oxygen atoms in total. The van der Waals surface area contributed by atoms with E-state index in [0.29, 0.717) is 36.4 Å². The summed E-state index contributed by atoms with van der Waals surface area (Å²) in [7, 11) is 0. The van der Waals surface area contributed by atoms with Crippen LogP contribution < -0.4 is 4.74 Å². The lowest BCUT2D eigenvalue weighted by atomic mass is 9.58. The van der Waals surface area contributed by atoms with Crippen LogP contribution in [-0.2, 0) is 24.0 Å². The first-order chi connectivity index (χ1) is 19.3. The lowest BCUT2D eigenvalue weighted by Crippen LogP contribution is -2.70. The molecule has 1 spiro atoms. The molecule has 0 aromatic heterocycles. The second kappa shape index (κ2) is 11.3. The molecule has 8 atom stereocenters. The third-order valence-electron chi connectivity index (χ3n) is 9.17. The molecular formula is C32H37BrO7. The van der Waals surface area contributed by atoms with E-state index in [0.717, 1.165) is 35.7 Å². The Labute approximate surface area is 244 Å². The van der Waals surface area contributed by atoms with Gasteiger partial charge in [-0.05, 0) is 86.1 Å². The maximum atomic E-state index is 12.5. The van der Waals surface area contributed by atoms with Crippen molar-refractivity contribution in [3.05, 3.63) is 70.2 Å². The minimum Gasteiger partial charge on any atom is -0.491 e. The summed E-state index contributed by atoms with van der Waals surface area (Å²) < 4.78 is 26.0. The van der Waals surface area contributed by atoms with Crippen molar-refractivity contribution >= 4 is 27.8 Å². The number of halogens is 1. The molecule has 2 bridgehead atoms. The Morgan fingerprint density at radius 3 is 2.55 bits per heavy atom. The zero-order valence-corrected chi connectivity index (χ0v) is 24.8. The molecule has 7 rings (SSSR count). The highest BCUT2D eigenvalue weighted by Crippen LogP contribution is 2.60. The molecule has 5 aliphatic rings. The van der Waals surface area contributed by atoms with E-state index in [1.165, 1.54) is 0 Å². The van der Waals surface area contributed by atoms with E-state index in [9.17, 15) is 4.79 Å². The first-order valence-corrected chi connectivity index (χ1v) is 15.1. The molecule has 5 fully saturated rings. The van der Waals surface area contributed by atoms with Gasteiger partial charge in [-0.1, -0.05) is 48.0 Å². The minimum atomic E-state index is -0.798. The Balaban J connectivity index is 1.02. The first-order valence-electron chi connectivity index (χ1n) is 14.3. The molecule has 4 saturated heterocycles. The van der Waals surface area contributed by atoms with Gasteiger partial charge in [-0.15, -0.1) is 0 Å². The molecule has 8 heteroatoms. The number of ether oxygens (including phenoxy) is 4. The summed E-state index contributed by atoms with van der Waals surface area (Å²) in [5, 5.41) is 0. The minimum absolute atomic E-state index is 0.0592. The van der Waals surface area contributed by atoms with E-state index in [1.807, 2.05) is 49.4 Å². The molecule has 2 aromatic carbocycles. The lowest BCUT2D eigenvalue weighted by molar-refractivity contribution is -0.577. The van der Waals surface area contributed by atoms with Crippen LogP contribution in [0.15, 0.2) is 59.1 Å². The molecule has 1 saturated carbocycles. The molecule has 0 radical (unpaired) electrons. The maximum absolute atomic E-state index is 12.5. The van der Waals surface area contributed by atoms with E-state index >= 15 is 0 Å². The third-order valence-corrected chi connectivity index (χ3v) is 9.70. The highest BCUT2D eigenvalue weighted by molar-refractivity contribution is 9.10. The van der Waals surface area contributed by atoms with Crippen molar-refractivity contribution in [1.82, 2.24) is 0 Å². The van der Waals surface area contributed by atoms with Crippen molar-refractivity contribution in [2.75, 3.05) is 13.2 Å². The van der Waals surface area contributed by atoms with Gasteiger partial charge in [0.2, 0.25) is 5.79 Å². The van der Waals surface area contributed by atoms with Crippen LogP contribution in [0.1, 0.15) is 62.4 Å². The highest BCUT2D eigenvalue weighted by Gasteiger charge is 2.69. The molecule has 1 aliphatic carbocycles. The van der Waals surface area contributed by atoms with Gasteiger partial charge in [0.05, 0.1) is 6.61 Å². The number of carbonyl (C=O) groups excluding carboxylic acids is 1. The Kier molecular flexibility index (Phi) is 7.94. The van der Waals surface area contributed by atoms with Crippen molar-refractivity contribution in [3.8, 4) is 5.75 Å². The van der Waals surface area contributed by atoms with Crippen LogP contribution in [0.25, 0.3) is 6.08 Å². The van der Waals surface area contributed by atoms with E-state index < -0.39 is 24.0 Å². The van der Waals surface area contributed by atoms with Crippen LogP contribution in [-0.4, -0.2) is 43.0 Å². The molecule has 2 aromatic rings. The number of allylic oxidation sites excluding steroid dienone is 1. The summed E-state index contributed by atoms with van der Waals surface area (Å²) in [5.74, 6) is 1.03. The summed E-state index contributed by atoms with van der Waals surface area (Å²) in [6.07, 6.45) is 6.44. The molecule has 0 N–H and O–H groups in total. The Bertz CT molecular complexity index is 1230. The molecule has 40 heavy (non-hydrogen) atoms. The van der Waals surface area contributed by atoms with Crippen molar-refractivity contribution in [2.45, 2.75) is 70.4 Å². The van der Waals surface area contributed by atoms with Gasteiger partial charge in [0.25, 0.3) is 0 Å². The number of carbonyl (C=O) groups is 1. The van der Waals surface area contributed by atoms with Gasteiger partial charge in [0.1, 0.15) is 12.4 Å². The van der Waals surface area contributed by atoms with Gasteiger partial charge in [-0.25, -0.2) is 9.78 Å². The molecule has 4 aliphatic heterocycles. The van der Waals surface area contributed by atoms with Gasteiger partial charge < -0.3 is 18.9 Å². The van der Waals surface area contributed by atoms with Crippen molar-refractivity contribution < 1.29 is 33.5 Å². The molecule has 0 unspecified atom stereocenters. The first kappa shape index (κ1) is 28.1. The van der Waals surface area contributed by atoms with Crippen LogP contribution >= 0.6 is 15.9 Å². The lowest BCUT2D eigenvalue weighted by Gasteiger charge is -2.60. The Morgan fingerprint density at radius 1 is 1.00 bits per heavy atom. The normalized spacial score (nSPS) is 36.7. The second-order valence-electron chi connectivity index (χ2n) is 11.8. The number of ketones is 1. The van der Waals surface area contributed by atoms with Gasteiger partial charge in [0, 0.05) is 28.3 Å². The zero-order chi connectivity index (χ0) is 27.9. The smallest absolute Gasteiger partial charge is 0.201 e. The van der Waals surface area contributed by atoms with E-state index in [2.05, 4.69) is 29.8 Å². The number of fused-ring (bicyclic) bond motifs is 2. The van der Waals surface area contributed by atoms with Crippen molar-refractivity contribution in [2.24, 2.45) is 23.7 Å². The van der Waals surface area contributed by atoms with Crippen LogP contribution in [0.4, 0.5) is 0 Å². The van der Waals surface area contributed by atoms with Crippen LogP contribution in [0.3, 0.4) is 0 Å². The van der Waals surface area contributed by atoms with Crippen LogP contribution in [0, 0.1) is 23.7 Å². The maximum Gasteiger partial charge on any atom is 0.201 e. The van der Waals surface area contributed by atoms with Crippen LogP contribution in [0.5, 0.6) is 5.75 Å². The zero-order valence-electron chi connectivity index (χ0n) is 23.2. The second-order valence-corrected chi connectivity index (χ2v) is 12.7. The number of rotatable bonds is 8. The standard InChI is InChI=1S/C32H37BrO7/c1-20-4-14-27-21(2)29(37-30-32(27)26(20)16-17-31(3,38-30)39-40-32)36-19-18-35-25-12-8-23(9-13-25)28(34)15-7-22-5-10-24(33)11-6-22/h5-13,15,20-21,26-27,29-30H,4,14,16-19H2,1-3H3/b15-7+/t20-,21-,26+,27+,29+,30-,31+,32-/m1/s1. The SMILES string of the molecule is C[C@H]1[C@@H](OCCOc2ccc(C(=O)/C=C/c3ccc(Br)cc3)cc2)O[C@@H]2O[C@]3(C)CC[C@H]4[C@H](C)CC[C@@H]1[C@@]24OO3. The summed E-state index contributed by atoms with van der Waals surface area (Å²) in [6, 6.07) is 15.0.